The van der Waals surface area contributed by atoms with Gasteiger partial charge in [-0.05, 0) is 6.42 Å². The molecule has 2 aliphatic heterocycles. The van der Waals surface area contributed by atoms with E-state index in [1.165, 1.54) is 7.11 Å². The minimum absolute atomic E-state index is 0. The second kappa shape index (κ2) is 18.2. The largest absolute Gasteiger partial charge is 1.00 e. The van der Waals surface area contributed by atoms with Crippen LogP contribution < -0.4 is 64.4 Å². The third kappa shape index (κ3) is 12.5. The molecule has 5 unspecified atom stereocenters. The number of hydrogen-bond donors (Lipinski definition) is 3. The molecule has 0 aromatic rings. The predicted molar refractivity (Wildman–Crippen MR) is 121 cm³/mol. The Kier molecular flexibility index (Phi) is 19.9. The summed E-state index contributed by atoms with van der Waals surface area (Å²) in [5, 5.41) is 24.0. The molecule has 0 bridgehead atoms. The molecule has 0 radical (unpaired) electrons. The monoisotopic (exact) mass is 647 g/mol. The minimum Gasteiger partial charge on any atom is -0.726 e. The molecule has 2 saturated heterocycles. The molecule has 2 heterocycles. The Hall–Kier alpha value is 1.36. The smallest absolute Gasteiger partial charge is 0.726 e. The first kappa shape index (κ1) is 42.5. The third-order valence-corrected chi connectivity index (χ3v) is 6.35. The van der Waals surface area contributed by atoms with Gasteiger partial charge < -0.3 is 48.3 Å². The number of aliphatic hydroxyl groups excluding tert-OH is 2. The van der Waals surface area contributed by atoms with Gasteiger partial charge in [0.1, 0.15) is 36.6 Å². The van der Waals surface area contributed by atoms with E-state index in [9.17, 15) is 40.9 Å². The van der Waals surface area contributed by atoms with Gasteiger partial charge in [-0.15, -0.1) is 0 Å². The summed E-state index contributed by atoms with van der Waals surface area (Å²) in [6.07, 6.45) is -13.9. The summed E-state index contributed by atoms with van der Waals surface area (Å²) in [7, 11) is -8.31. The molecule has 39 heavy (non-hydrogen) atoms. The van der Waals surface area contributed by atoms with Gasteiger partial charge in [-0.3, -0.25) is 13.2 Å². The van der Waals surface area contributed by atoms with Crippen molar-refractivity contribution in [2.24, 2.45) is 0 Å². The Labute approximate surface area is 274 Å². The Balaban J connectivity index is 0. The fourth-order valence-corrected chi connectivity index (χ4v) is 4.76. The average molecular weight is 648 g/mol. The Bertz CT molecular complexity index is 962. The number of aliphatic hydroxyl groups is 2. The minimum atomic E-state index is -5.42. The number of ether oxygens (including phenoxy) is 5. The number of methoxy groups -OCH3 is 2. The van der Waals surface area contributed by atoms with Crippen molar-refractivity contribution in [3.05, 3.63) is 0 Å². The van der Waals surface area contributed by atoms with E-state index in [4.69, 9.17) is 23.7 Å². The van der Waals surface area contributed by atoms with Crippen molar-refractivity contribution >= 4 is 36.6 Å². The summed E-state index contributed by atoms with van der Waals surface area (Å²) >= 11 is 0. The number of amides is 1. The molecule has 0 aromatic heterocycles. The summed E-state index contributed by atoms with van der Waals surface area (Å²) < 4.78 is 103. The molecule has 220 valence electrons. The first-order valence-electron chi connectivity index (χ1n) is 10.5. The summed E-state index contributed by atoms with van der Waals surface area (Å²) in [5.41, 5.74) is 0. The van der Waals surface area contributed by atoms with Crippen LogP contribution in [0.2, 0.25) is 0 Å². The first-order chi connectivity index (χ1) is 16.6. The van der Waals surface area contributed by atoms with Crippen LogP contribution in [0.3, 0.4) is 0 Å². The van der Waals surface area contributed by atoms with Gasteiger partial charge in [-0.1, -0.05) is 6.92 Å². The third-order valence-electron chi connectivity index (χ3n) is 5.46. The number of rotatable bonds is 11. The molecule has 22 heteroatoms. The normalized spacial score (nSPS) is 35.1. The summed E-state index contributed by atoms with van der Waals surface area (Å²) in [6, 6.07) is -1.32. The van der Waals surface area contributed by atoms with E-state index in [-0.39, 0.29) is 75.4 Å². The van der Waals surface area contributed by atoms with Crippen LogP contribution in [0.1, 0.15) is 20.3 Å². The second-order valence-corrected chi connectivity index (χ2v) is 9.96. The van der Waals surface area contributed by atoms with E-state index in [2.05, 4.69) is 13.7 Å². The van der Waals surface area contributed by atoms with Crippen LogP contribution in [0, 0.1) is 0 Å². The van der Waals surface area contributed by atoms with Crippen molar-refractivity contribution in [2.45, 2.75) is 81.6 Å². The van der Waals surface area contributed by atoms with Gasteiger partial charge >= 0.3 is 59.1 Å². The van der Waals surface area contributed by atoms with E-state index in [1.807, 2.05) is 0 Å². The molecule has 2 fully saturated rings. The van der Waals surface area contributed by atoms with Crippen molar-refractivity contribution in [1.82, 2.24) is 5.32 Å². The van der Waals surface area contributed by atoms with Gasteiger partial charge in [-0.2, -0.15) is 9.90 Å². The zero-order valence-corrected chi connectivity index (χ0v) is 29.4. The van der Waals surface area contributed by atoms with Crippen LogP contribution in [-0.2, 0) is 57.6 Å². The number of hydrogen-bond acceptors (Lipinski definition) is 16. The molecule has 3 N–H and O–H groups in total. The van der Waals surface area contributed by atoms with E-state index < -0.39 is 94.7 Å². The van der Waals surface area contributed by atoms with Crippen LogP contribution in [0.4, 0.5) is 0 Å². The van der Waals surface area contributed by atoms with E-state index in [1.54, 1.807) is 6.92 Å². The Morgan fingerprint density at radius 3 is 1.90 bits per heavy atom. The van der Waals surface area contributed by atoms with Crippen LogP contribution >= 0.6 is 9.90 Å². The Morgan fingerprint density at radius 2 is 1.46 bits per heavy atom. The van der Waals surface area contributed by atoms with Crippen LogP contribution in [0.5, 0.6) is 0 Å². The molecule has 11 atom stereocenters. The molecule has 2 aliphatic rings. The molecule has 0 aliphatic carbocycles. The van der Waals surface area contributed by atoms with Crippen molar-refractivity contribution in [3.63, 3.8) is 0 Å². The Morgan fingerprint density at radius 1 is 0.897 bits per heavy atom. The van der Waals surface area contributed by atoms with Gasteiger partial charge in [0.05, 0.1) is 12.7 Å². The molecule has 1 amide bonds. The predicted octanol–water partition coefficient (Wildman–Crippen LogP) is -9.49. The van der Waals surface area contributed by atoms with Crippen LogP contribution in [0.15, 0.2) is 0 Å². The van der Waals surface area contributed by atoms with Crippen molar-refractivity contribution in [2.75, 3.05) is 20.8 Å². The molecule has 0 spiro atoms. The van der Waals surface area contributed by atoms with E-state index in [0.29, 0.717) is 0 Å². The molecule has 0 aromatic carbocycles. The number of carbonyl (C=O) groups excluding carboxylic acids is 1. The van der Waals surface area contributed by atoms with E-state index >= 15 is 0 Å². The van der Waals surface area contributed by atoms with Crippen LogP contribution in [0.25, 0.3) is 0 Å². The van der Waals surface area contributed by atoms with Crippen LogP contribution in [-0.4, -0.2) is 124 Å². The molecule has 0 saturated carbocycles. The maximum atomic E-state index is 11.6. The van der Waals surface area contributed by atoms with Gasteiger partial charge in [0.2, 0.25) is 26.7 Å². The standard InChI is InChI=1S/C17H31NO16S2.2Na.H3P/c1-5-8-13(28-3)12(21)15(34-36(25,26)27)17(31-8)33-14-9(6-30-35(22,23)24)32-16(29-4)10(11(14)20)18-7(2)19;;;/h8-17,20-21H,5-6H2,1-4H3,(H,18,19)(H,22,23,24)(H,25,26,27);;;1H3/q;2*+1;/p-2/t8?,9?,10?,11-,12+,13-,14-,15?,16+,17-;;;/m0.../s1. The van der Waals surface area contributed by atoms with Crippen molar-refractivity contribution < 1.29 is 132 Å². The van der Waals surface area contributed by atoms with E-state index in [0.717, 1.165) is 14.0 Å². The quantitative estimate of drug-likeness (QED) is 0.0815. The van der Waals surface area contributed by atoms with Gasteiger partial charge in [0.15, 0.2) is 18.7 Å². The zero-order chi connectivity index (χ0) is 27.4. The maximum Gasteiger partial charge on any atom is 1.00 e. The molecular weight excluding hydrogens is 615 g/mol. The van der Waals surface area contributed by atoms with Gasteiger partial charge in [-0.25, -0.2) is 16.8 Å². The average Bonchev–Trinajstić information content (AvgIpc) is 2.76. The van der Waals surface area contributed by atoms with Crippen molar-refractivity contribution in [3.8, 4) is 0 Å². The molecule has 17 nitrogen and oxygen atoms in total. The zero-order valence-electron chi connectivity index (χ0n) is 22.3. The topological polar surface area (TPSA) is 249 Å². The summed E-state index contributed by atoms with van der Waals surface area (Å²) in [6.45, 7) is 1.75. The number of carbonyl (C=O) groups is 1. The van der Waals surface area contributed by atoms with Crippen molar-refractivity contribution in [1.29, 1.82) is 0 Å². The number of nitrogens with one attached hydrogen (secondary N) is 1. The molecular formula is C17H32NNa2O16PS2. The first-order valence-corrected chi connectivity index (χ1v) is 13.2. The van der Waals surface area contributed by atoms with Gasteiger partial charge in [0.25, 0.3) is 0 Å². The fraction of sp³-hybridized carbons (Fsp3) is 0.941. The SMILES string of the molecule is CCC1O[C@@H](O[C@H]2C(COS(=O)(=O)[O-])O[C@@H](OC)C(NC(C)=O)[C@@H]2O)C(OS(=O)(=O)[O-])[C@H](O)[C@H]1OC.P.[Na+].[Na+]. The van der Waals surface area contributed by atoms with Gasteiger partial charge in [0, 0.05) is 21.1 Å². The molecule has 2 rings (SSSR count). The second-order valence-electron chi connectivity index (χ2n) is 7.90. The summed E-state index contributed by atoms with van der Waals surface area (Å²) in [5.74, 6) is -0.628. The maximum absolute atomic E-state index is 11.6. The fourth-order valence-electron chi connectivity index (χ4n) is 3.98. The summed E-state index contributed by atoms with van der Waals surface area (Å²) in [4.78, 5) is 11.6.